The van der Waals surface area contributed by atoms with Crippen LogP contribution in [0.5, 0.6) is 0 Å². The molecule has 0 aliphatic carbocycles. The molecule has 6 nitrogen and oxygen atoms in total. The third-order valence-corrected chi connectivity index (χ3v) is 4.22. The molecule has 1 rings (SSSR count). The fourth-order valence-corrected chi connectivity index (χ4v) is 2.12. The van der Waals surface area contributed by atoms with Gasteiger partial charge in [-0.15, -0.1) is 0 Å². The molecule has 0 bridgehead atoms. The number of carbonyl (C=O) groups excluding carboxylic acids is 1. The Morgan fingerprint density at radius 3 is 2.74 bits per heavy atom. The van der Waals surface area contributed by atoms with Crippen LogP contribution in [0.4, 0.5) is 5.82 Å². The summed E-state index contributed by atoms with van der Waals surface area (Å²) >= 11 is 0. The van der Waals surface area contributed by atoms with Crippen molar-refractivity contribution in [3.63, 3.8) is 0 Å². The van der Waals surface area contributed by atoms with Crippen molar-refractivity contribution in [1.82, 2.24) is 10.3 Å². The average Bonchev–Trinajstić information content (AvgIpc) is 2.39. The molecule has 19 heavy (non-hydrogen) atoms. The summed E-state index contributed by atoms with van der Waals surface area (Å²) in [5.74, 6) is 0.368. The van der Waals surface area contributed by atoms with Crippen LogP contribution < -0.4 is 10.6 Å². The highest BCUT2D eigenvalue weighted by atomic mass is 32.2. The largest absolute Gasteiger partial charge is 0.370 e. The zero-order valence-corrected chi connectivity index (χ0v) is 12.0. The van der Waals surface area contributed by atoms with Gasteiger partial charge in [-0.3, -0.25) is 4.79 Å². The lowest BCUT2D eigenvalue weighted by Gasteiger charge is -2.07. The maximum absolute atomic E-state index is 11.8. The van der Waals surface area contributed by atoms with Crippen molar-refractivity contribution in [2.24, 2.45) is 0 Å². The number of hydrogen-bond donors (Lipinski definition) is 2. The van der Waals surface area contributed by atoms with E-state index < -0.39 is 9.84 Å². The molecule has 0 fully saturated rings. The van der Waals surface area contributed by atoms with Gasteiger partial charge in [-0.25, -0.2) is 13.4 Å². The van der Waals surface area contributed by atoms with Gasteiger partial charge in [0.15, 0.2) is 9.84 Å². The fourth-order valence-electron chi connectivity index (χ4n) is 1.42. The molecule has 1 amide bonds. The highest BCUT2D eigenvalue weighted by Crippen LogP contribution is 2.06. The van der Waals surface area contributed by atoms with Gasteiger partial charge < -0.3 is 10.6 Å². The minimum absolute atomic E-state index is 0.0413. The van der Waals surface area contributed by atoms with E-state index in [1.807, 2.05) is 6.92 Å². The van der Waals surface area contributed by atoms with Crippen LogP contribution in [0, 0.1) is 0 Å². The summed E-state index contributed by atoms with van der Waals surface area (Å²) in [5.41, 5.74) is 0.458. The topological polar surface area (TPSA) is 88.2 Å². The molecule has 0 aliphatic rings. The van der Waals surface area contributed by atoms with Crippen LogP contribution in [0.1, 0.15) is 24.2 Å². The van der Waals surface area contributed by atoms with E-state index in [1.165, 1.54) is 6.20 Å². The van der Waals surface area contributed by atoms with Gasteiger partial charge >= 0.3 is 0 Å². The van der Waals surface area contributed by atoms with Gasteiger partial charge in [0.05, 0.1) is 5.75 Å². The standard InChI is InChI=1S/C12H19N3O3S/c1-3-13-11-9-10(5-6-14-11)12(16)15-7-8-19(17,18)4-2/h5-6,9H,3-4,7-8H2,1-2H3,(H,13,14)(H,15,16). The van der Waals surface area contributed by atoms with E-state index in [-0.39, 0.29) is 24.0 Å². The summed E-state index contributed by atoms with van der Waals surface area (Å²) in [7, 11) is -3.05. The molecule has 2 N–H and O–H groups in total. The summed E-state index contributed by atoms with van der Waals surface area (Å²) in [6.45, 7) is 4.35. The van der Waals surface area contributed by atoms with E-state index in [1.54, 1.807) is 19.1 Å². The molecule has 0 aromatic carbocycles. The predicted molar refractivity (Wildman–Crippen MR) is 75.1 cm³/mol. The summed E-state index contributed by atoms with van der Waals surface area (Å²) < 4.78 is 22.6. The molecule has 0 radical (unpaired) electrons. The Bertz CT molecular complexity index is 529. The fraction of sp³-hybridized carbons (Fsp3) is 0.500. The Morgan fingerprint density at radius 2 is 2.11 bits per heavy atom. The molecule has 1 aromatic heterocycles. The minimum Gasteiger partial charge on any atom is -0.370 e. The van der Waals surface area contributed by atoms with Gasteiger partial charge in [0.2, 0.25) is 0 Å². The molecule has 0 aliphatic heterocycles. The smallest absolute Gasteiger partial charge is 0.251 e. The molecule has 1 heterocycles. The second kappa shape index (κ2) is 7.08. The van der Waals surface area contributed by atoms with Crippen LogP contribution in [-0.4, -0.2) is 43.9 Å². The molecule has 0 unspecified atom stereocenters. The zero-order valence-electron chi connectivity index (χ0n) is 11.1. The predicted octanol–water partition coefficient (Wildman–Crippen LogP) is 0.678. The highest BCUT2D eigenvalue weighted by Gasteiger charge is 2.10. The maximum Gasteiger partial charge on any atom is 0.251 e. The number of carbonyl (C=O) groups is 1. The summed E-state index contributed by atoms with van der Waals surface area (Å²) in [4.78, 5) is 15.9. The van der Waals surface area contributed by atoms with Crippen LogP contribution in [0.3, 0.4) is 0 Å². The van der Waals surface area contributed by atoms with Gasteiger partial charge in [-0.05, 0) is 19.1 Å². The second-order valence-corrected chi connectivity index (χ2v) is 6.43. The Balaban J connectivity index is 2.56. The number of nitrogens with zero attached hydrogens (tertiary/aromatic N) is 1. The number of aromatic nitrogens is 1. The molecular weight excluding hydrogens is 266 g/mol. The summed E-state index contributed by atoms with van der Waals surface area (Å²) in [6, 6.07) is 3.22. The SMILES string of the molecule is CCNc1cc(C(=O)NCCS(=O)(=O)CC)ccn1. The average molecular weight is 285 g/mol. The van der Waals surface area contributed by atoms with Crippen molar-refractivity contribution < 1.29 is 13.2 Å². The number of amides is 1. The highest BCUT2D eigenvalue weighted by molar-refractivity contribution is 7.91. The number of rotatable bonds is 7. The van der Waals surface area contributed by atoms with E-state index in [4.69, 9.17) is 0 Å². The van der Waals surface area contributed by atoms with Crippen molar-refractivity contribution in [2.45, 2.75) is 13.8 Å². The van der Waals surface area contributed by atoms with E-state index >= 15 is 0 Å². The Morgan fingerprint density at radius 1 is 1.37 bits per heavy atom. The van der Waals surface area contributed by atoms with Gasteiger partial charge in [-0.1, -0.05) is 6.92 Å². The first kappa shape index (κ1) is 15.4. The van der Waals surface area contributed by atoms with Gasteiger partial charge in [0.1, 0.15) is 5.82 Å². The molecule has 0 atom stereocenters. The molecular formula is C12H19N3O3S. The van der Waals surface area contributed by atoms with Gasteiger partial charge in [-0.2, -0.15) is 0 Å². The maximum atomic E-state index is 11.8. The van der Waals surface area contributed by atoms with Crippen LogP contribution >= 0.6 is 0 Å². The Labute approximate surface area is 113 Å². The third kappa shape index (κ3) is 5.25. The summed E-state index contributed by atoms with van der Waals surface area (Å²) in [5, 5.41) is 5.59. The molecule has 0 spiro atoms. The minimum atomic E-state index is -3.05. The first-order valence-electron chi connectivity index (χ1n) is 6.17. The number of nitrogens with one attached hydrogen (secondary N) is 2. The van der Waals surface area contributed by atoms with Crippen LogP contribution in [-0.2, 0) is 9.84 Å². The first-order valence-corrected chi connectivity index (χ1v) is 7.99. The lowest BCUT2D eigenvalue weighted by molar-refractivity contribution is 0.0956. The van der Waals surface area contributed by atoms with Crippen molar-refractivity contribution in [1.29, 1.82) is 0 Å². The Kier molecular flexibility index (Phi) is 5.75. The molecule has 1 aromatic rings. The summed E-state index contributed by atoms with van der Waals surface area (Å²) in [6.07, 6.45) is 1.54. The lowest BCUT2D eigenvalue weighted by atomic mass is 10.2. The lowest BCUT2D eigenvalue weighted by Crippen LogP contribution is -2.29. The molecule has 106 valence electrons. The van der Waals surface area contributed by atoms with E-state index in [0.29, 0.717) is 17.9 Å². The van der Waals surface area contributed by atoms with Crippen LogP contribution in [0.15, 0.2) is 18.3 Å². The van der Waals surface area contributed by atoms with Crippen molar-refractivity contribution in [3.8, 4) is 0 Å². The Hall–Kier alpha value is -1.63. The van der Waals surface area contributed by atoms with Gasteiger partial charge in [0, 0.05) is 30.6 Å². The molecule has 0 saturated carbocycles. The monoisotopic (exact) mass is 285 g/mol. The zero-order chi connectivity index (χ0) is 14.3. The van der Waals surface area contributed by atoms with Gasteiger partial charge in [0.25, 0.3) is 5.91 Å². The van der Waals surface area contributed by atoms with E-state index in [9.17, 15) is 13.2 Å². The first-order chi connectivity index (χ1) is 8.98. The number of anilines is 1. The number of hydrogen-bond acceptors (Lipinski definition) is 5. The molecule has 0 saturated heterocycles. The van der Waals surface area contributed by atoms with Crippen LogP contribution in [0.2, 0.25) is 0 Å². The number of pyridine rings is 1. The van der Waals surface area contributed by atoms with E-state index in [2.05, 4.69) is 15.6 Å². The quantitative estimate of drug-likeness (QED) is 0.769. The normalized spacial score (nSPS) is 11.1. The van der Waals surface area contributed by atoms with Crippen molar-refractivity contribution in [2.75, 3.05) is 29.9 Å². The van der Waals surface area contributed by atoms with Crippen LogP contribution in [0.25, 0.3) is 0 Å². The van der Waals surface area contributed by atoms with Crippen molar-refractivity contribution in [3.05, 3.63) is 23.9 Å². The van der Waals surface area contributed by atoms with E-state index in [0.717, 1.165) is 0 Å². The number of sulfone groups is 1. The molecule has 7 heteroatoms. The third-order valence-electron chi connectivity index (χ3n) is 2.52. The second-order valence-electron chi connectivity index (χ2n) is 3.95. The van der Waals surface area contributed by atoms with Crippen molar-refractivity contribution >= 4 is 21.6 Å².